The highest BCUT2D eigenvalue weighted by Gasteiger charge is 2.19. The van der Waals surface area contributed by atoms with Gasteiger partial charge in [-0.1, -0.05) is 237 Å². The Balaban J connectivity index is 4.58. The standard InChI is InChI=1S/C69H108O6/c1-4-7-10-13-16-19-22-25-28-30-32-33-34-35-37-38-41-44-47-50-53-56-59-62-68(71)74-65-66(64-73-67(70)61-58-55-52-49-46-43-40-27-24-21-18-15-12-9-6-3)75-69(72)63-60-57-54-51-48-45-42-39-36-31-29-26-23-20-17-14-11-8-5-2/h7-8,10-11,16-17,19-20,25-29,32-33,35-37,39-41,44-45,48,50,53,66H,4-6,9,12-15,18,21-24,30-31,34,38,42-43,46-47,49,51-52,54-65H2,1-3H3/b10-7-,11-8-,19-16-,20-17-,28-25-,29-26-,33-32-,37-35-,39-36-,40-27-,44-41-,48-45-,53-50-. The number of carbonyl (C=O) groups excluding carboxylic acids is 3. The predicted molar refractivity (Wildman–Crippen MR) is 325 cm³/mol. The van der Waals surface area contributed by atoms with Crippen molar-refractivity contribution in [1.29, 1.82) is 0 Å². The number of carbonyl (C=O) groups is 3. The van der Waals surface area contributed by atoms with E-state index in [1.165, 1.54) is 51.4 Å². The molecule has 0 fully saturated rings. The van der Waals surface area contributed by atoms with Crippen LogP contribution in [0.25, 0.3) is 0 Å². The van der Waals surface area contributed by atoms with Crippen molar-refractivity contribution in [1.82, 2.24) is 0 Å². The van der Waals surface area contributed by atoms with Crippen LogP contribution in [0.2, 0.25) is 0 Å². The monoisotopic (exact) mass is 1030 g/mol. The van der Waals surface area contributed by atoms with Gasteiger partial charge in [0, 0.05) is 19.3 Å². The Morgan fingerprint density at radius 3 is 0.893 bits per heavy atom. The summed E-state index contributed by atoms with van der Waals surface area (Å²) in [6.45, 7) is 6.31. The number of hydrogen-bond donors (Lipinski definition) is 0. The van der Waals surface area contributed by atoms with Gasteiger partial charge in [0.2, 0.25) is 0 Å². The maximum Gasteiger partial charge on any atom is 0.306 e. The molecular weight excluding hydrogens is 925 g/mol. The molecule has 0 aliphatic heterocycles. The van der Waals surface area contributed by atoms with Crippen LogP contribution in [-0.4, -0.2) is 37.2 Å². The topological polar surface area (TPSA) is 78.9 Å². The summed E-state index contributed by atoms with van der Waals surface area (Å²) >= 11 is 0. The fraction of sp³-hybridized carbons (Fsp3) is 0.580. The second-order valence-electron chi connectivity index (χ2n) is 19.1. The van der Waals surface area contributed by atoms with Gasteiger partial charge in [-0.05, 0) is 141 Å². The van der Waals surface area contributed by atoms with Crippen LogP contribution in [0.3, 0.4) is 0 Å². The van der Waals surface area contributed by atoms with Gasteiger partial charge in [-0.15, -0.1) is 0 Å². The highest BCUT2D eigenvalue weighted by molar-refractivity contribution is 5.71. The van der Waals surface area contributed by atoms with Gasteiger partial charge in [0.1, 0.15) is 13.2 Å². The van der Waals surface area contributed by atoms with Crippen molar-refractivity contribution >= 4 is 17.9 Å². The van der Waals surface area contributed by atoms with Crippen molar-refractivity contribution in [3.63, 3.8) is 0 Å². The van der Waals surface area contributed by atoms with E-state index in [0.29, 0.717) is 19.3 Å². The summed E-state index contributed by atoms with van der Waals surface area (Å²) in [5, 5.41) is 0. The second kappa shape index (κ2) is 61.6. The normalized spacial score (nSPS) is 13.3. The third-order valence-corrected chi connectivity index (χ3v) is 12.0. The number of rotatable bonds is 52. The molecule has 0 spiro atoms. The number of ether oxygens (including phenoxy) is 3. The molecule has 0 radical (unpaired) electrons. The molecule has 6 nitrogen and oxygen atoms in total. The van der Waals surface area contributed by atoms with Gasteiger partial charge >= 0.3 is 17.9 Å². The fourth-order valence-corrected chi connectivity index (χ4v) is 7.57. The summed E-state index contributed by atoms with van der Waals surface area (Å²) in [5.41, 5.74) is 0. The van der Waals surface area contributed by atoms with E-state index in [-0.39, 0.29) is 44.0 Å². The minimum Gasteiger partial charge on any atom is -0.462 e. The zero-order chi connectivity index (χ0) is 54.3. The van der Waals surface area contributed by atoms with Gasteiger partial charge in [-0.3, -0.25) is 14.4 Å². The lowest BCUT2D eigenvalue weighted by atomic mass is 10.1. The molecule has 1 atom stereocenters. The Hall–Kier alpha value is -4.97. The van der Waals surface area contributed by atoms with E-state index >= 15 is 0 Å². The molecule has 0 aliphatic carbocycles. The highest BCUT2D eigenvalue weighted by atomic mass is 16.6. The van der Waals surface area contributed by atoms with E-state index in [9.17, 15) is 14.4 Å². The minimum absolute atomic E-state index is 0.121. The molecule has 0 aromatic rings. The maximum absolute atomic E-state index is 12.9. The van der Waals surface area contributed by atoms with Crippen LogP contribution < -0.4 is 0 Å². The van der Waals surface area contributed by atoms with Crippen molar-refractivity contribution in [2.24, 2.45) is 0 Å². The summed E-state index contributed by atoms with van der Waals surface area (Å²) in [4.78, 5) is 38.2. The van der Waals surface area contributed by atoms with Gasteiger partial charge in [0.25, 0.3) is 0 Å². The summed E-state index contributed by atoms with van der Waals surface area (Å²) < 4.78 is 16.8. The van der Waals surface area contributed by atoms with Crippen LogP contribution >= 0.6 is 0 Å². The van der Waals surface area contributed by atoms with E-state index in [0.717, 1.165) is 135 Å². The first kappa shape index (κ1) is 70.0. The summed E-state index contributed by atoms with van der Waals surface area (Å²) in [6.07, 6.45) is 89.5. The van der Waals surface area contributed by atoms with Crippen LogP contribution in [0.15, 0.2) is 158 Å². The van der Waals surface area contributed by atoms with Gasteiger partial charge in [-0.2, -0.15) is 0 Å². The maximum atomic E-state index is 12.9. The number of allylic oxidation sites excluding steroid dienone is 26. The smallest absolute Gasteiger partial charge is 0.306 e. The quantitative estimate of drug-likeness (QED) is 0.0261. The largest absolute Gasteiger partial charge is 0.462 e. The third kappa shape index (κ3) is 59.8. The molecule has 0 heterocycles. The second-order valence-corrected chi connectivity index (χ2v) is 19.1. The Bertz CT molecular complexity index is 1710. The average Bonchev–Trinajstić information content (AvgIpc) is 3.41. The highest BCUT2D eigenvalue weighted by Crippen LogP contribution is 2.13. The molecule has 0 aromatic carbocycles. The van der Waals surface area contributed by atoms with Crippen molar-refractivity contribution in [2.45, 2.75) is 245 Å². The first-order valence-corrected chi connectivity index (χ1v) is 30.0. The molecule has 0 rings (SSSR count). The molecule has 0 aromatic heterocycles. The van der Waals surface area contributed by atoms with Crippen LogP contribution in [0.1, 0.15) is 239 Å². The first-order valence-electron chi connectivity index (χ1n) is 30.0. The fourth-order valence-electron chi connectivity index (χ4n) is 7.57. The molecule has 0 saturated heterocycles. The summed E-state index contributed by atoms with van der Waals surface area (Å²) in [6, 6.07) is 0. The van der Waals surface area contributed by atoms with Crippen molar-refractivity contribution in [2.75, 3.05) is 13.2 Å². The van der Waals surface area contributed by atoms with E-state index in [1.54, 1.807) is 0 Å². The van der Waals surface area contributed by atoms with E-state index in [2.05, 4.69) is 179 Å². The van der Waals surface area contributed by atoms with Crippen LogP contribution in [0.5, 0.6) is 0 Å². The Morgan fingerprint density at radius 1 is 0.280 bits per heavy atom. The van der Waals surface area contributed by atoms with E-state index < -0.39 is 6.10 Å². The molecule has 0 N–H and O–H groups in total. The van der Waals surface area contributed by atoms with Gasteiger partial charge in [0.15, 0.2) is 6.10 Å². The van der Waals surface area contributed by atoms with E-state index in [4.69, 9.17) is 14.2 Å². The molecule has 0 saturated carbocycles. The lowest BCUT2D eigenvalue weighted by molar-refractivity contribution is -0.167. The summed E-state index contributed by atoms with van der Waals surface area (Å²) in [7, 11) is 0. The Morgan fingerprint density at radius 2 is 0.533 bits per heavy atom. The molecule has 420 valence electrons. The van der Waals surface area contributed by atoms with Crippen LogP contribution in [0, 0.1) is 0 Å². The van der Waals surface area contributed by atoms with Crippen molar-refractivity contribution < 1.29 is 28.6 Å². The third-order valence-electron chi connectivity index (χ3n) is 12.0. The van der Waals surface area contributed by atoms with Gasteiger partial charge in [0.05, 0.1) is 0 Å². The average molecular weight is 1030 g/mol. The van der Waals surface area contributed by atoms with Crippen molar-refractivity contribution in [3.8, 4) is 0 Å². The minimum atomic E-state index is -0.831. The Kier molecular flexibility index (Phi) is 57.5. The van der Waals surface area contributed by atoms with Gasteiger partial charge in [-0.25, -0.2) is 0 Å². The molecule has 0 aliphatic rings. The molecule has 1 unspecified atom stereocenters. The molecule has 0 bridgehead atoms. The van der Waals surface area contributed by atoms with Crippen LogP contribution in [0.4, 0.5) is 0 Å². The molecule has 75 heavy (non-hydrogen) atoms. The zero-order valence-electron chi connectivity index (χ0n) is 48.0. The number of esters is 3. The number of hydrogen-bond acceptors (Lipinski definition) is 6. The molecule has 0 amide bonds. The Labute approximate surface area is 460 Å². The van der Waals surface area contributed by atoms with Crippen molar-refractivity contribution in [3.05, 3.63) is 158 Å². The van der Waals surface area contributed by atoms with E-state index in [1.807, 2.05) is 0 Å². The molecular formula is C69H108O6. The number of unbranched alkanes of at least 4 members (excludes halogenated alkanes) is 15. The predicted octanol–water partition coefficient (Wildman–Crippen LogP) is 20.5. The SMILES string of the molecule is CC/C=C\C/C=C\C/C=C\C/C=C\C/C=C\C/C=C\C/C=C\CCCC(=O)OCC(COC(=O)CCCCCCC/C=C\CCCCCCCC)OC(=O)CCCCC/C=C\C/C=C\C/C=C\C/C=C\C/C=C\CC. The van der Waals surface area contributed by atoms with Crippen LogP contribution in [-0.2, 0) is 28.6 Å². The zero-order valence-corrected chi connectivity index (χ0v) is 48.0. The first-order chi connectivity index (χ1) is 37.0. The lowest BCUT2D eigenvalue weighted by Gasteiger charge is -2.18. The van der Waals surface area contributed by atoms with Gasteiger partial charge < -0.3 is 14.2 Å². The lowest BCUT2D eigenvalue weighted by Crippen LogP contribution is -2.30. The summed E-state index contributed by atoms with van der Waals surface area (Å²) in [5.74, 6) is -1.03. The molecule has 6 heteroatoms.